The predicted octanol–water partition coefficient (Wildman–Crippen LogP) is 4.42. The largest absolute Gasteiger partial charge is 0.468 e. The lowest BCUT2D eigenvalue weighted by Gasteiger charge is -2.39. The SMILES string of the molecule is COC(=O)[C@H](C)N(NC(=O)OC(C)(C)C)[C@H](CO[Si](C)(C)C(C)(C)C)C(=O)OCc1ccccc1. The minimum absolute atomic E-state index is 0.0309. The first-order valence-electron chi connectivity index (χ1n) is 11.7. The number of ether oxygens (including phenoxy) is 3. The molecule has 1 aromatic rings. The Morgan fingerprint density at radius 3 is 2.06 bits per heavy atom. The van der Waals surface area contributed by atoms with Crippen LogP contribution in [-0.2, 0) is 34.8 Å². The lowest BCUT2D eigenvalue weighted by Crippen LogP contribution is -2.61. The van der Waals surface area contributed by atoms with E-state index < -0.39 is 44.0 Å². The maximum absolute atomic E-state index is 13.3. The van der Waals surface area contributed by atoms with Gasteiger partial charge in [0.1, 0.15) is 24.3 Å². The van der Waals surface area contributed by atoms with Gasteiger partial charge in [0, 0.05) is 0 Å². The predicted molar refractivity (Wildman–Crippen MR) is 136 cm³/mol. The molecule has 0 unspecified atom stereocenters. The average Bonchev–Trinajstić information content (AvgIpc) is 2.74. The Bertz CT molecular complexity index is 848. The van der Waals surface area contributed by atoms with Crippen LogP contribution in [0.25, 0.3) is 0 Å². The highest BCUT2D eigenvalue weighted by Gasteiger charge is 2.42. The Morgan fingerprint density at radius 2 is 1.57 bits per heavy atom. The zero-order valence-electron chi connectivity index (χ0n) is 22.8. The highest BCUT2D eigenvalue weighted by atomic mass is 28.4. The van der Waals surface area contributed by atoms with Gasteiger partial charge < -0.3 is 18.6 Å². The molecule has 1 rings (SSSR count). The van der Waals surface area contributed by atoms with Crippen LogP contribution in [0.5, 0.6) is 0 Å². The van der Waals surface area contributed by atoms with Crippen molar-refractivity contribution in [2.45, 2.75) is 90.9 Å². The van der Waals surface area contributed by atoms with E-state index in [1.54, 1.807) is 20.8 Å². The van der Waals surface area contributed by atoms with E-state index in [2.05, 4.69) is 39.3 Å². The summed E-state index contributed by atoms with van der Waals surface area (Å²) in [5.41, 5.74) is 2.57. The lowest BCUT2D eigenvalue weighted by atomic mass is 10.2. The molecule has 0 aliphatic heterocycles. The molecule has 198 valence electrons. The summed E-state index contributed by atoms with van der Waals surface area (Å²) in [5.74, 6) is -1.30. The van der Waals surface area contributed by atoms with E-state index in [1.807, 2.05) is 30.3 Å². The summed E-state index contributed by atoms with van der Waals surface area (Å²) in [6, 6.07) is 7.07. The van der Waals surface area contributed by atoms with Gasteiger partial charge in [-0.05, 0) is 51.4 Å². The number of hydrogen-bond acceptors (Lipinski definition) is 8. The zero-order valence-corrected chi connectivity index (χ0v) is 23.8. The fourth-order valence-corrected chi connectivity index (χ4v) is 3.73. The first-order chi connectivity index (χ1) is 16.0. The van der Waals surface area contributed by atoms with Crippen molar-refractivity contribution in [2.75, 3.05) is 13.7 Å². The van der Waals surface area contributed by atoms with Crippen LogP contribution in [0.4, 0.5) is 4.79 Å². The highest BCUT2D eigenvalue weighted by molar-refractivity contribution is 6.74. The number of amides is 1. The van der Waals surface area contributed by atoms with Gasteiger partial charge in [-0.2, -0.15) is 5.01 Å². The van der Waals surface area contributed by atoms with Crippen LogP contribution in [0.15, 0.2) is 30.3 Å². The van der Waals surface area contributed by atoms with Crippen LogP contribution in [0.1, 0.15) is 54.0 Å². The zero-order chi connectivity index (χ0) is 27.0. The van der Waals surface area contributed by atoms with Crippen molar-refractivity contribution in [1.82, 2.24) is 10.4 Å². The van der Waals surface area contributed by atoms with Crippen LogP contribution >= 0.6 is 0 Å². The molecule has 2 atom stereocenters. The number of hydrogen-bond donors (Lipinski definition) is 1. The van der Waals surface area contributed by atoms with Crippen LogP contribution in [0.2, 0.25) is 18.1 Å². The van der Waals surface area contributed by atoms with Crippen molar-refractivity contribution in [3.8, 4) is 0 Å². The molecule has 1 N–H and O–H groups in total. The van der Waals surface area contributed by atoms with E-state index >= 15 is 0 Å². The smallest absolute Gasteiger partial charge is 0.422 e. The molecule has 1 amide bonds. The van der Waals surface area contributed by atoms with Crippen molar-refractivity contribution in [3.05, 3.63) is 35.9 Å². The molecule has 0 aliphatic rings. The van der Waals surface area contributed by atoms with E-state index in [0.29, 0.717) is 0 Å². The first kappa shape index (κ1) is 30.6. The van der Waals surface area contributed by atoms with Gasteiger partial charge in [-0.25, -0.2) is 4.79 Å². The molecular formula is C25H42N2O7Si. The van der Waals surface area contributed by atoms with Gasteiger partial charge in [0.2, 0.25) is 0 Å². The van der Waals surface area contributed by atoms with E-state index in [1.165, 1.54) is 19.0 Å². The van der Waals surface area contributed by atoms with Crippen LogP contribution in [-0.4, -0.2) is 62.8 Å². The normalized spacial score (nSPS) is 14.1. The Balaban J connectivity index is 3.29. The molecule has 0 aliphatic carbocycles. The summed E-state index contributed by atoms with van der Waals surface area (Å²) in [6.07, 6.45) is -0.818. The number of hydrazine groups is 1. The summed E-state index contributed by atoms with van der Waals surface area (Å²) in [6.45, 7) is 16.9. The van der Waals surface area contributed by atoms with E-state index in [9.17, 15) is 14.4 Å². The van der Waals surface area contributed by atoms with Crippen molar-refractivity contribution in [3.63, 3.8) is 0 Å². The van der Waals surface area contributed by atoms with Crippen LogP contribution in [0, 0.1) is 0 Å². The molecule has 0 radical (unpaired) electrons. The number of benzene rings is 1. The number of carbonyl (C=O) groups excluding carboxylic acids is 3. The summed E-state index contributed by atoms with van der Waals surface area (Å²) < 4.78 is 22.1. The molecule has 1 aromatic carbocycles. The number of nitrogens with one attached hydrogen (secondary N) is 1. The molecular weight excluding hydrogens is 468 g/mol. The van der Waals surface area contributed by atoms with Crippen LogP contribution < -0.4 is 5.43 Å². The molecule has 9 nitrogen and oxygen atoms in total. The third kappa shape index (κ3) is 9.99. The van der Waals surface area contributed by atoms with E-state index in [-0.39, 0.29) is 18.3 Å². The molecule has 0 saturated heterocycles. The number of rotatable bonds is 10. The summed E-state index contributed by atoms with van der Waals surface area (Å²) in [5, 5.41) is 1.07. The highest BCUT2D eigenvalue weighted by Crippen LogP contribution is 2.36. The maximum Gasteiger partial charge on any atom is 0.422 e. The average molecular weight is 511 g/mol. The Kier molecular flexibility index (Phi) is 10.9. The maximum atomic E-state index is 13.3. The Morgan fingerprint density at radius 1 is 1.00 bits per heavy atom. The van der Waals surface area contributed by atoms with Crippen molar-refractivity contribution >= 4 is 26.3 Å². The summed E-state index contributed by atoms with van der Waals surface area (Å²) >= 11 is 0. The fourth-order valence-electron chi connectivity index (χ4n) is 2.73. The molecule has 35 heavy (non-hydrogen) atoms. The molecule has 0 heterocycles. The molecule has 0 aromatic heterocycles. The van der Waals surface area contributed by atoms with Gasteiger partial charge in [0.15, 0.2) is 8.32 Å². The van der Waals surface area contributed by atoms with E-state index in [4.69, 9.17) is 18.6 Å². The van der Waals surface area contributed by atoms with Gasteiger partial charge in [0.25, 0.3) is 0 Å². The van der Waals surface area contributed by atoms with Gasteiger partial charge in [-0.3, -0.25) is 15.0 Å². The first-order valence-corrected chi connectivity index (χ1v) is 14.6. The molecule has 0 bridgehead atoms. The molecule has 0 saturated carbocycles. The lowest BCUT2D eigenvalue weighted by molar-refractivity contribution is -0.160. The number of esters is 2. The Labute approximate surface area is 210 Å². The van der Waals surface area contributed by atoms with Crippen molar-refractivity contribution < 1.29 is 33.0 Å². The second-order valence-electron chi connectivity index (χ2n) is 10.9. The standard InChI is InChI=1S/C25H42N2O7Si/c1-18(21(28)31-8)27(26-23(30)34-24(2,3)4)20(17-33-35(9,10)25(5,6)7)22(29)32-16-19-14-12-11-13-15-19/h11-15,18,20H,16-17H2,1-10H3,(H,26,30)/t18-,20+/m0/s1. The Hall–Kier alpha value is -2.43. The van der Waals surface area contributed by atoms with E-state index in [0.717, 1.165) is 5.56 Å². The second-order valence-corrected chi connectivity index (χ2v) is 15.7. The van der Waals surface area contributed by atoms with Crippen molar-refractivity contribution in [1.29, 1.82) is 0 Å². The van der Waals surface area contributed by atoms with Gasteiger partial charge in [-0.15, -0.1) is 0 Å². The molecule has 10 heteroatoms. The topological polar surface area (TPSA) is 103 Å². The number of carbonyl (C=O) groups is 3. The minimum atomic E-state index is -2.29. The number of methoxy groups -OCH3 is 1. The van der Waals surface area contributed by atoms with Gasteiger partial charge in [0.05, 0.1) is 13.7 Å². The molecule has 0 fully saturated rings. The summed E-state index contributed by atoms with van der Waals surface area (Å²) in [7, 11) is -1.05. The quantitative estimate of drug-likeness (QED) is 0.213. The summed E-state index contributed by atoms with van der Waals surface area (Å²) in [4.78, 5) is 38.4. The van der Waals surface area contributed by atoms with Crippen molar-refractivity contribution in [2.24, 2.45) is 0 Å². The minimum Gasteiger partial charge on any atom is -0.468 e. The van der Waals surface area contributed by atoms with Gasteiger partial charge in [-0.1, -0.05) is 51.1 Å². The molecule has 0 spiro atoms. The monoisotopic (exact) mass is 510 g/mol. The third-order valence-corrected chi connectivity index (χ3v) is 10.3. The second kappa shape index (κ2) is 12.5. The van der Waals surface area contributed by atoms with Gasteiger partial charge >= 0.3 is 18.0 Å². The third-order valence-electron chi connectivity index (χ3n) is 5.82. The van der Waals surface area contributed by atoms with Crippen LogP contribution in [0.3, 0.4) is 0 Å². The fraction of sp³-hybridized carbons (Fsp3) is 0.640. The number of nitrogens with zero attached hydrogens (tertiary/aromatic N) is 1.